The number of rotatable bonds is 2. The first-order valence-electron chi connectivity index (χ1n) is 3.53. The lowest BCUT2D eigenvalue weighted by atomic mass is 10.2. The lowest BCUT2D eigenvalue weighted by Gasteiger charge is -2.18. The maximum atomic E-state index is 2.34. The molecule has 1 fully saturated rings. The zero-order valence-electron chi connectivity index (χ0n) is 6.15. The Balaban J connectivity index is 2.34. The summed E-state index contributed by atoms with van der Waals surface area (Å²) in [5, 5.41) is 0. The summed E-state index contributed by atoms with van der Waals surface area (Å²) in [6, 6.07) is 0.898. The number of hydrogen-bond acceptors (Lipinski definition) is 0. The van der Waals surface area contributed by atoms with Gasteiger partial charge in [-0.3, -0.25) is 0 Å². The molecule has 0 aromatic carbocycles. The molecule has 1 saturated heterocycles. The lowest BCUT2D eigenvalue weighted by Crippen LogP contribution is -2.30. The van der Waals surface area contributed by atoms with E-state index in [1.165, 1.54) is 24.0 Å². The van der Waals surface area contributed by atoms with Crippen LogP contribution in [0.2, 0.25) is 0 Å². The molecule has 1 heteroatoms. The van der Waals surface area contributed by atoms with Gasteiger partial charge in [0.15, 0.2) is 0 Å². The highest BCUT2D eigenvalue weighted by Crippen LogP contribution is 2.23. The van der Waals surface area contributed by atoms with Crippen LogP contribution in [0, 0.1) is 0 Å². The Kier molecular flexibility index (Phi) is 1.31. The van der Waals surface area contributed by atoms with Crippen LogP contribution in [0.3, 0.4) is 0 Å². The normalized spacial score (nSPS) is 27.4. The largest absolute Gasteiger partial charge is 0.315 e. The maximum absolute atomic E-state index is 2.34. The second-order valence-corrected chi connectivity index (χ2v) is 3.18. The van der Waals surface area contributed by atoms with E-state index in [2.05, 4.69) is 20.9 Å². The third-order valence-electron chi connectivity index (χ3n) is 2.58. The number of quaternary nitrogens is 1. The van der Waals surface area contributed by atoms with Crippen LogP contribution in [-0.4, -0.2) is 30.7 Å². The molecule has 1 aliphatic heterocycles. The van der Waals surface area contributed by atoms with Gasteiger partial charge in [0, 0.05) is 0 Å². The minimum atomic E-state index is 0.898. The van der Waals surface area contributed by atoms with Crippen molar-refractivity contribution in [1.29, 1.82) is 0 Å². The van der Waals surface area contributed by atoms with Crippen molar-refractivity contribution in [1.82, 2.24) is 0 Å². The molecule has 0 aromatic rings. The summed E-state index contributed by atoms with van der Waals surface area (Å²) in [6.07, 6.45) is 1.33. The Morgan fingerprint density at radius 1 is 1.50 bits per heavy atom. The van der Waals surface area contributed by atoms with Gasteiger partial charge in [-0.1, -0.05) is 6.92 Å². The predicted molar refractivity (Wildman–Crippen MR) is 35.7 cm³/mol. The zero-order valence-corrected chi connectivity index (χ0v) is 6.15. The molecule has 0 bridgehead atoms. The molecule has 0 saturated carbocycles. The quantitative estimate of drug-likeness (QED) is 0.374. The van der Waals surface area contributed by atoms with E-state index in [9.17, 15) is 0 Å². The monoisotopic (exact) mass is 114 g/mol. The van der Waals surface area contributed by atoms with Gasteiger partial charge in [-0.2, -0.15) is 0 Å². The average Bonchev–Trinajstić information content (AvgIpc) is 2.47. The smallest absolute Gasteiger partial charge is 0.129 e. The summed E-state index contributed by atoms with van der Waals surface area (Å²) in [6.45, 7) is 7.43. The van der Waals surface area contributed by atoms with Gasteiger partial charge in [0.05, 0.1) is 13.1 Å². The Morgan fingerprint density at radius 3 is 2.12 bits per heavy atom. The molecule has 48 valence electrons. The molecule has 1 nitrogen and oxygen atoms in total. The van der Waals surface area contributed by atoms with E-state index in [0.717, 1.165) is 6.04 Å². The van der Waals surface area contributed by atoms with Crippen LogP contribution >= 0.6 is 0 Å². The summed E-state index contributed by atoms with van der Waals surface area (Å²) < 4.78 is 1.33. The van der Waals surface area contributed by atoms with Crippen LogP contribution in [0.1, 0.15) is 20.3 Å². The van der Waals surface area contributed by atoms with Crippen molar-refractivity contribution < 1.29 is 4.48 Å². The summed E-state index contributed by atoms with van der Waals surface area (Å²) >= 11 is 0. The van der Waals surface area contributed by atoms with Crippen molar-refractivity contribution in [2.45, 2.75) is 26.3 Å². The average molecular weight is 114 g/mol. The third-order valence-corrected chi connectivity index (χ3v) is 2.58. The van der Waals surface area contributed by atoms with E-state index in [-0.39, 0.29) is 0 Å². The van der Waals surface area contributed by atoms with Crippen LogP contribution in [0.4, 0.5) is 0 Å². The first-order valence-corrected chi connectivity index (χ1v) is 3.53. The molecule has 0 N–H and O–H groups in total. The molecular weight excluding hydrogens is 98.1 g/mol. The predicted octanol–water partition coefficient (Wildman–Crippen LogP) is 1.25. The van der Waals surface area contributed by atoms with Crippen LogP contribution < -0.4 is 0 Å². The summed E-state index contributed by atoms with van der Waals surface area (Å²) in [5.41, 5.74) is 0. The van der Waals surface area contributed by atoms with Gasteiger partial charge in [-0.25, -0.2) is 0 Å². The van der Waals surface area contributed by atoms with Crippen LogP contribution in [0.5, 0.6) is 0 Å². The molecule has 0 aromatic heterocycles. The van der Waals surface area contributed by atoms with Crippen molar-refractivity contribution in [3.8, 4) is 0 Å². The SMILES string of the molecule is CCC(C)[N+]1(C)CC1. The van der Waals surface area contributed by atoms with Crippen molar-refractivity contribution in [2.24, 2.45) is 0 Å². The van der Waals surface area contributed by atoms with E-state index in [0.29, 0.717) is 0 Å². The van der Waals surface area contributed by atoms with E-state index in [1.807, 2.05) is 0 Å². The van der Waals surface area contributed by atoms with E-state index < -0.39 is 0 Å². The Morgan fingerprint density at radius 2 is 2.00 bits per heavy atom. The van der Waals surface area contributed by atoms with Crippen molar-refractivity contribution in [2.75, 3.05) is 20.1 Å². The first kappa shape index (κ1) is 6.09. The van der Waals surface area contributed by atoms with Crippen molar-refractivity contribution in [3.63, 3.8) is 0 Å². The van der Waals surface area contributed by atoms with Crippen molar-refractivity contribution in [3.05, 3.63) is 0 Å². The maximum Gasteiger partial charge on any atom is 0.129 e. The molecule has 8 heavy (non-hydrogen) atoms. The van der Waals surface area contributed by atoms with E-state index >= 15 is 0 Å². The third kappa shape index (κ3) is 0.873. The second kappa shape index (κ2) is 1.73. The van der Waals surface area contributed by atoms with Gasteiger partial charge >= 0.3 is 0 Å². The molecule has 1 rings (SSSR count). The zero-order chi connectivity index (χ0) is 6.20. The highest BCUT2D eigenvalue weighted by molar-refractivity contribution is 4.58. The van der Waals surface area contributed by atoms with Crippen molar-refractivity contribution >= 4 is 0 Å². The van der Waals surface area contributed by atoms with Crippen LogP contribution in [-0.2, 0) is 0 Å². The topological polar surface area (TPSA) is 0 Å². The summed E-state index contributed by atoms with van der Waals surface area (Å²) in [5.74, 6) is 0. The standard InChI is InChI=1S/C7H16N/c1-4-7(2)8(3)5-6-8/h7H,4-6H2,1-3H3/q+1. The highest BCUT2D eigenvalue weighted by atomic mass is 15.5. The minimum Gasteiger partial charge on any atom is -0.315 e. The molecule has 1 atom stereocenters. The molecule has 1 unspecified atom stereocenters. The minimum absolute atomic E-state index is 0.898. The fraction of sp³-hybridized carbons (Fsp3) is 1.00. The molecule has 1 heterocycles. The second-order valence-electron chi connectivity index (χ2n) is 3.18. The highest BCUT2D eigenvalue weighted by Gasteiger charge is 2.40. The summed E-state index contributed by atoms with van der Waals surface area (Å²) in [7, 11) is 2.34. The molecule has 0 radical (unpaired) electrons. The van der Waals surface area contributed by atoms with Gasteiger partial charge in [0.1, 0.15) is 13.1 Å². The Bertz CT molecular complexity index is 84.4. The van der Waals surface area contributed by atoms with Gasteiger partial charge < -0.3 is 4.48 Å². The number of nitrogens with zero attached hydrogens (tertiary/aromatic N) is 1. The fourth-order valence-electron chi connectivity index (χ4n) is 1.04. The Hall–Kier alpha value is -0.0400. The van der Waals surface area contributed by atoms with E-state index in [1.54, 1.807) is 0 Å². The van der Waals surface area contributed by atoms with Gasteiger partial charge in [-0.05, 0) is 13.3 Å². The molecule has 0 amide bonds. The Labute approximate surface area is 51.9 Å². The van der Waals surface area contributed by atoms with E-state index in [4.69, 9.17) is 0 Å². The molecule has 0 aliphatic carbocycles. The fourth-order valence-corrected chi connectivity index (χ4v) is 1.04. The van der Waals surface area contributed by atoms with Gasteiger partial charge in [-0.15, -0.1) is 0 Å². The lowest BCUT2D eigenvalue weighted by molar-refractivity contribution is -0.804. The van der Waals surface area contributed by atoms with Gasteiger partial charge in [0.2, 0.25) is 0 Å². The number of hydrogen-bond donors (Lipinski definition) is 0. The first-order chi connectivity index (χ1) is 3.69. The molecule has 1 aliphatic rings. The summed E-state index contributed by atoms with van der Waals surface area (Å²) in [4.78, 5) is 0. The molecule has 0 spiro atoms. The molecular formula is C7H16N+. The van der Waals surface area contributed by atoms with Crippen LogP contribution in [0.25, 0.3) is 0 Å². The van der Waals surface area contributed by atoms with Gasteiger partial charge in [0.25, 0.3) is 0 Å². The van der Waals surface area contributed by atoms with Crippen LogP contribution in [0.15, 0.2) is 0 Å². The number of likely N-dealkylation sites (N-methyl/N-ethyl adjacent to an activating group) is 1.